The van der Waals surface area contributed by atoms with Crippen molar-refractivity contribution < 1.29 is 22.3 Å². The van der Waals surface area contributed by atoms with Crippen LogP contribution in [0.2, 0.25) is 5.02 Å². The van der Waals surface area contributed by atoms with Crippen LogP contribution in [0.15, 0.2) is 47.4 Å². The minimum Gasteiger partial charge on any atom is -0.438 e. The highest BCUT2D eigenvalue weighted by Crippen LogP contribution is 2.34. The van der Waals surface area contributed by atoms with Gasteiger partial charge in [-0.3, -0.25) is 0 Å². The van der Waals surface area contributed by atoms with E-state index in [0.29, 0.717) is 60.6 Å². The summed E-state index contributed by atoms with van der Waals surface area (Å²) in [6.45, 7) is 4.38. The summed E-state index contributed by atoms with van der Waals surface area (Å²) in [6.07, 6.45) is 0.397. The van der Waals surface area contributed by atoms with Gasteiger partial charge in [-0.15, -0.1) is 0 Å². The van der Waals surface area contributed by atoms with Crippen LogP contribution in [0.3, 0.4) is 0 Å². The van der Waals surface area contributed by atoms with Crippen molar-refractivity contribution in [1.29, 1.82) is 0 Å². The molecule has 0 atom stereocenters. The van der Waals surface area contributed by atoms with E-state index in [1.165, 1.54) is 28.6 Å². The Bertz CT molecular complexity index is 1370. The lowest BCUT2D eigenvalue weighted by Crippen LogP contribution is -2.39. The molecule has 184 valence electrons. The number of ether oxygens (including phenoxy) is 2. The number of morpholine rings is 1. The van der Waals surface area contributed by atoms with Crippen molar-refractivity contribution in [3.8, 4) is 11.6 Å². The summed E-state index contributed by atoms with van der Waals surface area (Å²) in [6, 6.07) is 10.6. The molecule has 1 fully saturated rings. The maximum absolute atomic E-state index is 13.8. The maximum atomic E-state index is 13.8. The van der Waals surface area contributed by atoms with Gasteiger partial charge in [-0.05, 0) is 48.9 Å². The molecule has 8 nitrogen and oxygen atoms in total. The molecule has 35 heavy (non-hydrogen) atoms. The molecule has 1 aromatic heterocycles. The third-order valence-electron chi connectivity index (χ3n) is 6.05. The van der Waals surface area contributed by atoms with E-state index in [0.717, 1.165) is 5.69 Å². The van der Waals surface area contributed by atoms with Gasteiger partial charge < -0.3 is 14.4 Å². The Kier molecular flexibility index (Phi) is 6.63. The Labute approximate surface area is 208 Å². The summed E-state index contributed by atoms with van der Waals surface area (Å²) in [5, 5.41) is 0.345. The van der Waals surface area contributed by atoms with E-state index in [9.17, 15) is 12.8 Å². The maximum Gasteiger partial charge on any atom is 0.243 e. The molecule has 0 spiro atoms. The van der Waals surface area contributed by atoms with Gasteiger partial charge in [0.2, 0.25) is 21.9 Å². The van der Waals surface area contributed by atoms with Crippen molar-refractivity contribution in [2.75, 3.05) is 37.7 Å². The SMILES string of the molecule is Cc1cc(Oc2nc(N3CCOCC3)nc3c2CN(S(=O)(=O)c2cccc(Cl)c2)CC3)ccc1F. The molecule has 0 aliphatic carbocycles. The highest BCUT2D eigenvalue weighted by atomic mass is 35.5. The van der Waals surface area contributed by atoms with Gasteiger partial charge in [0.1, 0.15) is 11.6 Å². The van der Waals surface area contributed by atoms with Crippen LogP contribution in [-0.4, -0.2) is 55.5 Å². The van der Waals surface area contributed by atoms with Crippen molar-refractivity contribution in [1.82, 2.24) is 14.3 Å². The second-order valence-electron chi connectivity index (χ2n) is 8.41. The van der Waals surface area contributed by atoms with Crippen molar-refractivity contribution in [3.05, 3.63) is 70.1 Å². The van der Waals surface area contributed by atoms with Gasteiger partial charge in [-0.25, -0.2) is 17.8 Å². The molecule has 0 unspecified atom stereocenters. The van der Waals surface area contributed by atoms with Gasteiger partial charge >= 0.3 is 0 Å². The number of fused-ring (bicyclic) bond motifs is 1. The summed E-state index contributed by atoms with van der Waals surface area (Å²) < 4.78 is 53.4. The standard InChI is InChI=1S/C24H24ClFN4O4S/c1-16-13-18(5-6-21(16)26)34-23-20-15-30(35(31,32)19-4-2-3-17(25)14-19)8-7-22(20)27-24(28-23)29-9-11-33-12-10-29/h2-6,13-14H,7-12,15H2,1H3. The highest BCUT2D eigenvalue weighted by molar-refractivity contribution is 7.89. The first-order chi connectivity index (χ1) is 16.8. The topological polar surface area (TPSA) is 84.9 Å². The fraction of sp³-hybridized carbons (Fsp3) is 0.333. The second kappa shape index (κ2) is 9.69. The van der Waals surface area contributed by atoms with Crippen LogP contribution in [0.1, 0.15) is 16.8 Å². The largest absolute Gasteiger partial charge is 0.438 e. The van der Waals surface area contributed by atoms with Crippen molar-refractivity contribution in [2.45, 2.75) is 24.8 Å². The van der Waals surface area contributed by atoms with E-state index in [4.69, 9.17) is 26.1 Å². The summed E-state index contributed by atoms with van der Waals surface area (Å²) in [7, 11) is -3.80. The number of halogens is 2. The summed E-state index contributed by atoms with van der Waals surface area (Å²) in [4.78, 5) is 11.5. The molecule has 0 bridgehead atoms. The van der Waals surface area contributed by atoms with Crippen LogP contribution in [0.25, 0.3) is 0 Å². The minimum atomic E-state index is -3.80. The molecule has 0 radical (unpaired) electrons. The lowest BCUT2D eigenvalue weighted by Gasteiger charge is -2.31. The molecule has 2 aromatic carbocycles. The third-order valence-corrected chi connectivity index (χ3v) is 8.12. The first-order valence-electron chi connectivity index (χ1n) is 11.2. The highest BCUT2D eigenvalue weighted by Gasteiger charge is 2.33. The lowest BCUT2D eigenvalue weighted by atomic mass is 10.1. The molecule has 2 aliphatic heterocycles. The Balaban J connectivity index is 1.53. The van der Waals surface area contributed by atoms with Crippen LogP contribution in [0, 0.1) is 12.7 Å². The molecule has 0 amide bonds. The van der Waals surface area contributed by atoms with Crippen LogP contribution < -0.4 is 9.64 Å². The summed E-state index contributed by atoms with van der Waals surface area (Å²) >= 11 is 6.04. The Morgan fingerprint density at radius 2 is 1.89 bits per heavy atom. The van der Waals surface area contributed by atoms with Gasteiger partial charge in [0, 0.05) is 37.6 Å². The minimum absolute atomic E-state index is 0.0447. The zero-order valence-corrected chi connectivity index (χ0v) is 20.6. The number of sulfonamides is 1. The molecule has 5 rings (SSSR count). The number of nitrogens with zero attached hydrogens (tertiary/aromatic N) is 4. The zero-order chi connectivity index (χ0) is 24.6. The molecule has 0 N–H and O–H groups in total. The predicted molar refractivity (Wildman–Crippen MR) is 129 cm³/mol. The predicted octanol–water partition coefficient (Wildman–Crippen LogP) is 3.95. The molecule has 3 heterocycles. The molecular weight excluding hydrogens is 495 g/mol. The van der Waals surface area contributed by atoms with E-state index < -0.39 is 10.0 Å². The number of rotatable bonds is 5. The Morgan fingerprint density at radius 1 is 1.09 bits per heavy atom. The van der Waals surface area contributed by atoms with Crippen molar-refractivity contribution >= 4 is 27.6 Å². The Hall–Kier alpha value is -2.79. The average Bonchev–Trinajstić information content (AvgIpc) is 2.86. The quantitative estimate of drug-likeness (QED) is 0.505. The van der Waals surface area contributed by atoms with E-state index in [1.54, 1.807) is 25.1 Å². The van der Waals surface area contributed by atoms with Gasteiger partial charge in [0.15, 0.2) is 0 Å². The van der Waals surface area contributed by atoms with Gasteiger partial charge in [-0.1, -0.05) is 17.7 Å². The molecule has 3 aromatic rings. The van der Waals surface area contributed by atoms with E-state index in [2.05, 4.69) is 4.98 Å². The average molecular weight is 519 g/mol. The van der Waals surface area contributed by atoms with Crippen LogP contribution in [0.4, 0.5) is 10.3 Å². The van der Waals surface area contributed by atoms with Crippen LogP contribution in [-0.2, 0) is 27.7 Å². The molecule has 0 saturated carbocycles. The van der Waals surface area contributed by atoms with Crippen molar-refractivity contribution in [3.63, 3.8) is 0 Å². The lowest BCUT2D eigenvalue weighted by molar-refractivity contribution is 0.122. The van der Waals surface area contributed by atoms with E-state index >= 15 is 0 Å². The van der Waals surface area contributed by atoms with E-state index in [-0.39, 0.29) is 29.7 Å². The van der Waals surface area contributed by atoms with Gasteiger partial charge in [0.25, 0.3) is 0 Å². The fourth-order valence-electron chi connectivity index (χ4n) is 4.11. The van der Waals surface area contributed by atoms with Gasteiger partial charge in [-0.2, -0.15) is 9.29 Å². The molecular formula is C24H24ClFN4O4S. The molecule has 11 heteroatoms. The number of hydrogen-bond donors (Lipinski definition) is 0. The molecule has 1 saturated heterocycles. The first kappa shape index (κ1) is 23.9. The number of benzene rings is 2. The van der Waals surface area contributed by atoms with Gasteiger partial charge in [0.05, 0.1) is 29.4 Å². The number of aromatic nitrogens is 2. The zero-order valence-electron chi connectivity index (χ0n) is 19.1. The molecule has 2 aliphatic rings. The van der Waals surface area contributed by atoms with Crippen molar-refractivity contribution in [2.24, 2.45) is 0 Å². The summed E-state index contributed by atoms with van der Waals surface area (Å²) in [5.74, 6) is 0.836. The van der Waals surface area contributed by atoms with Crippen LogP contribution in [0.5, 0.6) is 11.6 Å². The normalized spacial score (nSPS) is 16.7. The third kappa shape index (κ3) is 4.97. The monoisotopic (exact) mass is 518 g/mol. The Morgan fingerprint density at radius 3 is 2.63 bits per heavy atom. The summed E-state index contributed by atoms with van der Waals surface area (Å²) in [5.41, 5.74) is 1.75. The second-order valence-corrected chi connectivity index (χ2v) is 10.8. The fourth-order valence-corrected chi connectivity index (χ4v) is 5.82. The van der Waals surface area contributed by atoms with E-state index in [1.807, 2.05) is 4.90 Å². The first-order valence-corrected chi connectivity index (χ1v) is 13.1. The number of aryl methyl sites for hydroxylation is 1. The number of anilines is 1. The smallest absolute Gasteiger partial charge is 0.243 e. The van der Waals surface area contributed by atoms with Crippen LogP contribution >= 0.6 is 11.6 Å². The number of hydrogen-bond acceptors (Lipinski definition) is 7.